The molecule has 2 atom stereocenters. The lowest BCUT2D eigenvalue weighted by atomic mass is 10.1. The van der Waals surface area contributed by atoms with Gasteiger partial charge in [-0.05, 0) is 36.2 Å². The second kappa shape index (κ2) is 8.54. The number of carbonyl (C=O) groups is 2. The number of nitrogens with one attached hydrogen (secondary N) is 2. The van der Waals surface area contributed by atoms with Crippen LogP contribution < -0.4 is 20.1 Å². The Bertz CT molecular complexity index is 831. The number of fused-ring (bicyclic) bond motifs is 1. The standard InChI is InChI=1S/C19H18N2O4S.ClH/c22-18-17(26-19(23)21-18)9-12-5-7-13(8-6-12)24-11-14-10-20-15-3-1-2-4-16(15)25-14;/h1-8,14,17,20H,9-11H2,(H,21,22,23);1H. The number of benzene rings is 2. The number of hydrogen-bond acceptors (Lipinski definition) is 6. The average molecular weight is 407 g/mol. The van der Waals surface area contributed by atoms with Gasteiger partial charge in [-0.1, -0.05) is 36.0 Å². The molecule has 2 aliphatic rings. The Balaban J connectivity index is 0.00000210. The number of halogens is 1. The molecule has 8 heteroatoms. The van der Waals surface area contributed by atoms with Gasteiger partial charge in [-0.25, -0.2) is 0 Å². The molecule has 2 N–H and O–H groups in total. The summed E-state index contributed by atoms with van der Waals surface area (Å²) in [4.78, 5) is 22.8. The maximum atomic E-state index is 11.6. The van der Waals surface area contributed by atoms with Gasteiger partial charge >= 0.3 is 0 Å². The van der Waals surface area contributed by atoms with Gasteiger partial charge < -0.3 is 14.8 Å². The molecule has 2 aromatic carbocycles. The van der Waals surface area contributed by atoms with Gasteiger partial charge in [0, 0.05) is 0 Å². The van der Waals surface area contributed by atoms with Gasteiger partial charge in [0.15, 0.2) is 0 Å². The van der Waals surface area contributed by atoms with Crippen LogP contribution in [0.25, 0.3) is 0 Å². The van der Waals surface area contributed by atoms with Crippen LogP contribution in [0.3, 0.4) is 0 Å². The first-order valence-electron chi connectivity index (χ1n) is 8.40. The number of imide groups is 1. The van der Waals surface area contributed by atoms with Crippen LogP contribution in [0.2, 0.25) is 0 Å². The van der Waals surface area contributed by atoms with E-state index in [1.807, 2.05) is 48.5 Å². The quantitative estimate of drug-likeness (QED) is 0.793. The lowest BCUT2D eigenvalue weighted by Crippen LogP contribution is -2.35. The number of amides is 2. The van der Waals surface area contributed by atoms with Crippen molar-refractivity contribution in [2.45, 2.75) is 17.8 Å². The number of carbonyl (C=O) groups excluding carboxylic acids is 2. The van der Waals surface area contributed by atoms with Crippen LogP contribution in [-0.2, 0) is 11.2 Å². The lowest BCUT2D eigenvalue weighted by molar-refractivity contribution is -0.118. The summed E-state index contributed by atoms with van der Waals surface area (Å²) in [6, 6.07) is 15.4. The minimum atomic E-state index is -0.351. The fourth-order valence-electron chi connectivity index (χ4n) is 2.91. The molecule has 0 saturated carbocycles. The lowest BCUT2D eigenvalue weighted by Gasteiger charge is -2.27. The molecule has 0 aromatic heterocycles. The zero-order valence-electron chi connectivity index (χ0n) is 14.3. The van der Waals surface area contributed by atoms with E-state index in [2.05, 4.69) is 10.6 Å². The Hall–Kier alpha value is -2.38. The van der Waals surface area contributed by atoms with Crippen molar-refractivity contribution < 1.29 is 19.1 Å². The molecule has 2 heterocycles. The predicted octanol–water partition coefficient (Wildman–Crippen LogP) is 3.25. The van der Waals surface area contributed by atoms with E-state index in [-0.39, 0.29) is 34.9 Å². The van der Waals surface area contributed by atoms with Crippen molar-refractivity contribution in [3.63, 3.8) is 0 Å². The maximum absolute atomic E-state index is 11.6. The van der Waals surface area contributed by atoms with Crippen LogP contribution in [0, 0.1) is 0 Å². The Morgan fingerprint density at radius 3 is 2.63 bits per heavy atom. The second-order valence-electron chi connectivity index (χ2n) is 6.16. The van der Waals surface area contributed by atoms with Crippen molar-refractivity contribution >= 4 is 41.0 Å². The summed E-state index contributed by atoms with van der Waals surface area (Å²) < 4.78 is 11.7. The smallest absolute Gasteiger partial charge is 0.286 e. The van der Waals surface area contributed by atoms with E-state index in [0.717, 1.165) is 34.5 Å². The van der Waals surface area contributed by atoms with Gasteiger partial charge in [-0.15, -0.1) is 12.4 Å². The molecule has 1 fully saturated rings. The first-order valence-corrected chi connectivity index (χ1v) is 9.28. The van der Waals surface area contributed by atoms with Crippen LogP contribution in [-0.4, -0.2) is 35.7 Å². The molecule has 2 aromatic rings. The molecule has 142 valence electrons. The van der Waals surface area contributed by atoms with E-state index in [9.17, 15) is 9.59 Å². The molecule has 0 bridgehead atoms. The topological polar surface area (TPSA) is 76.7 Å². The number of thioether (sulfide) groups is 1. The summed E-state index contributed by atoms with van der Waals surface area (Å²) in [6.07, 6.45) is 0.462. The van der Waals surface area contributed by atoms with Crippen molar-refractivity contribution in [1.29, 1.82) is 0 Å². The monoisotopic (exact) mass is 406 g/mol. The van der Waals surface area contributed by atoms with Gasteiger partial charge in [-0.3, -0.25) is 14.9 Å². The number of rotatable bonds is 5. The van der Waals surface area contributed by atoms with Gasteiger partial charge in [0.05, 0.1) is 17.5 Å². The van der Waals surface area contributed by atoms with Gasteiger partial charge in [0.1, 0.15) is 24.2 Å². The van der Waals surface area contributed by atoms with E-state index in [1.54, 1.807) is 0 Å². The molecule has 4 rings (SSSR count). The van der Waals surface area contributed by atoms with Crippen LogP contribution in [0.5, 0.6) is 11.5 Å². The minimum absolute atomic E-state index is 0. The highest BCUT2D eigenvalue weighted by Gasteiger charge is 2.31. The van der Waals surface area contributed by atoms with E-state index < -0.39 is 0 Å². The van der Waals surface area contributed by atoms with Crippen LogP contribution in [0.4, 0.5) is 10.5 Å². The summed E-state index contributed by atoms with van der Waals surface area (Å²) >= 11 is 1.04. The molecule has 1 saturated heterocycles. The van der Waals surface area contributed by atoms with Crippen LogP contribution in [0.15, 0.2) is 48.5 Å². The largest absolute Gasteiger partial charge is 0.490 e. The molecule has 0 aliphatic carbocycles. The zero-order chi connectivity index (χ0) is 17.9. The molecule has 0 spiro atoms. The summed E-state index contributed by atoms with van der Waals surface area (Å²) in [5.41, 5.74) is 1.99. The van der Waals surface area contributed by atoms with E-state index in [4.69, 9.17) is 9.47 Å². The number of para-hydroxylation sites is 2. The maximum Gasteiger partial charge on any atom is 0.286 e. The Morgan fingerprint density at radius 1 is 1.11 bits per heavy atom. The molecule has 27 heavy (non-hydrogen) atoms. The number of anilines is 1. The molecule has 6 nitrogen and oxygen atoms in total. The van der Waals surface area contributed by atoms with Crippen molar-refractivity contribution in [2.24, 2.45) is 0 Å². The third-order valence-electron chi connectivity index (χ3n) is 4.25. The van der Waals surface area contributed by atoms with Crippen LogP contribution >= 0.6 is 24.2 Å². The molecule has 2 amide bonds. The van der Waals surface area contributed by atoms with Crippen molar-refractivity contribution in [3.8, 4) is 11.5 Å². The third kappa shape index (κ3) is 4.67. The van der Waals surface area contributed by atoms with Gasteiger partial charge in [0.2, 0.25) is 5.91 Å². The van der Waals surface area contributed by atoms with Crippen LogP contribution in [0.1, 0.15) is 5.56 Å². The minimum Gasteiger partial charge on any atom is -0.490 e. The fraction of sp³-hybridized carbons (Fsp3) is 0.263. The second-order valence-corrected chi connectivity index (χ2v) is 7.33. The fourth-order valence-corrected chi connectivity index (χ4v) is 3.77. The number of ether oxygens (including phenoxy) is 2. The highest BCUT2D eigenvalue weighted by molar-refractivity contribution is 8.15. The van der Waals surface area contributed by atoms with E-state index in [0.29, 0.717) is 19.6 Å². The molecule has 2 aliphatic heterocycles. The Kier molecular flexibility index (Phi) is 6.13. The first kappa shape index (κ1) is 19.4. The van der Waals surface area contributed by atoms with Crippen molar-refractivity contribution in [2.75, 3.05) is 18.5 Å². The first-order chi connectivity index (χ1) is 12.7. The van der Waals surface area contributed by atoms with E-state index in [1.165, 1.54) is 0 Å². The van der Waals surface area contributed by atoms with Crippen molar-refractivity contribution in [1.82, 2.24) is 5.32 Å². The molecule has 0 radical (unpaired) electrons. The summed E-state index contributed by atoms with van der Waals surface area (Å²) in [5.74, 6) is 1.36. The third-order valence-corrected chi connectivity index (χ3v) is 5.23. The normalized spacial score (nSPS) is 20.6. The average Bonchev–Trinajstić information content (AvgIpc) is 2.98. The van der Waals surface area contributed by atoms with Gasteiger partial charge in [-0.2, -0.15) is 0 Å². The number of hydrogen-bond donors (Lipinski definition) is 2. The van der Waals surface area contributed by atoms with E-state index >= 15 is 0 Å². The highest BCUT2D eigenvalue weighted by Crippen LogP contribution is 2.28. The molecule has 2 unspecified atom stereocenters. The highest BCUT2D eigenvalue weighted by atomic mass is 35.5. The summed E-state index contributed by atoms with van der Waals surface area (Å²) in [6.45, 7) is 1.13. The SMILES string of the molecule is Cl.O=C1NC(=O)C(Cc2ccc(OCC3CNc4ccccc4O3)cc2)S1. The van der Waals surface area contributed by atoms with Gasteiger partial charge in [0.25, 0.3) is 5.24 Å². The summed E-state index contributed by atoms with van der Waals surface area (Å²) in [5, 5.41) is 5.01. The molecular weight excluding hydrogens is 388 g/mol. The zero-order valence-corrected chi connectivity index (χ0v) is 16.0. The van der Waals surface area contributed by atoms with Crippen molar-refractivity contribution in [3.05, 3.63) is 54.1 Å². The summed E-state index contributed by atoms with van der Waals surface area (Å²) in [7, 11) is 0. The molecular formula is C19H19ClN2O4S. The Morgan fingerprint density at radius 2 is 1.89 bits per heavy atom. The predicted molar refractivity (Wildman–Crippen MR) is 107 cm³/mol. The Labute approximate surface area is 167 Å².